The Bertz CT molecular complexity index is 517. The first-order valence-corrected chi connectivity index (χ1v) is 8.81. The number of hydrogen-bond acceptors (Lipinski definition) is 4. The van der Waals surface area contributed by atoms with E-state index in [1.807, 2.05) is 0 Å². The standard InChI is InChI=1S/C19H26N2O2/c20-15-19-14-17(8-13-23-19)16-4-6-18(7-5-16)22-12-3-11-21-9-1-2-10-21/h4-7,17,19H,1-3,8-14H2. The molecule has 0 N–H and O–H groups in total. The summed E-state index contributed by atoms with van der Waals surface area (Å²) in [6, 6.07) is 10.6. The van der Waals surface area contributed by atoms with Gasteiger partial charge in [0.25, 0.3) is 0 Å². The van der Waals surface area contributed by atoms with Crippen molar-refractivity contribution in [2.45, 2.75) is 44.1 Å². The van der Waals surface area contributed by atoms with Gasteiger partial charge < -0.3 is 14.4 Å². The first-order chi connectivity index (χ1) is 11.3. The number of nitrogens with zero attached hydrogens (tertiary/aromatic N) is 2. The molecular weight excluding hydrogens is 288 g/mol. The molecule has 4 heteroatoms. The largest absolute Gasteiger partial charge is 0.494 e. The maximum Gasteiger partial charge on any atom is 0.144 e. The molecule has 1 aromatic rings. The van der Waals surface area contributed by atoms with E-state index >= 15 is 0 Å². The summed E-state index contributed by atoms with van der Waals surface area (Å²) in [7, 11) is 0. The highest BCUT2D eigenvalue weighted by Gasteiger charge is 2.23. The number of nitriles is 1. The maximum atomic E-state index is 9.00. The summed E-state index contributed by atoms with van der Waals surface area (Å²) >= 11 is 0. The van der Waals surface area contributed by atoms with Crippen LogP contribution in [0.3, 0.4) is 0 Å². The van der Waals surface area contributed by atoms with Gasteiger partial charge in [0.05, 0.1) is 12.7 Å². The molecule has 2 saturated heterocycles. The smallest absolute Gasteiger partial charge is 0.144 e. The van der Waals surface area contributed by atoms with Gasteiger partial charge in [-0.2, -0.15) is 5.26 Å². The van der Waals surface area contributed by atoms with Crippen LogP contribution >= 0.6 is 0 Å². The highest BCUT2D eigenvalue weighted by atomic mass is 16.5. The minimum Gasteiger partial charge on any atom is -0.494 e. The summed E-state index contributed by atoms with van der Waals surface area (Å²) in [6.07, 6.45) is 5.32. The SMILES string of the molecule is N#CC1CC(c2ccc(OCCCN3CCCC3)cc2)CCO1. The number of hydrogen-bond donors (Lipinski definition) is 0. The van der Waals surface area contributed by atoms with Crippen molar-refractivity contribution in [1.29, 1.82) is 5.26 Å². The van der Waals surface area contributed by atoms with Gasteiger partial charge in [-0.15, -0.1) is 0 Å². The Kier molecular flexibility index (Phi) is 5.90. The Morgan fingerprint density at radius 1 is 1.22 bits per heavy atom. The Labute approximate surface area is 139 Å². The van der Waals surface area contributed by atoms with Crippen molar-refractivity contribution in [2.75, 3.05) is 32.8 Å². The van der Waals surface area contributed by atoms with Crippen LogP contribution in [0.1, 0.15) is 43.6 Å². The quantitative estimate of drug-likeness (QED) is 0.756. The molecule has 124 valence electrons. The summed E-state index contributed by atoms with van der Waals surface area (Å²) in [4.78, 5) is 2.52. The van der Waals surface area contributed by atoms with Gasteiger partial charge in [-0.25, -0.2) is 0 Å². The molecule has 0 aromatic heterocycles. The van der Waals surface area contributed by atoms with E-state index in [0.29, 0.717) is 12.5 Å². The predicted molar refractivity (Wildman–Crippen MR) is 89.6 cm³/mol. The third-order valence-electron chi connectivity index (χ3n) is 4.87. The van der Waals surface area contributed by atoms with Crippen LogP contribution in [0.5, 0.6) is 5.75 Å². The number of likely N-dealkylation sites (tertiary alicyclic amines) is 1. The molecule has 2 aliphatic heterocycles. The van der Waals surface area contributed by atoms with Gasteiger partial charge in [0.2, 0.25) is 0 Å². The van der Waals surface area contributed by atoms with Crippen LogP contribution in [0.25, 0.3) is 0 Å². The lowest BCUT2D eigenvalue weighted by atomic mass is 9.89. The third kappa shape index (κ3) is 4.70. The Morgan fingerprint density at radius 2 is 2.00 bits per heavy atom. The van der Waals surface area contributed by atoms with E-state index in [1.165, 1.54) is 31.5 Å². The topological polar surface area (TPSA) is 45.5 Å². The third-order valence-corrected chi connectivity index (χ3v) is 4.87. The highest BCUT2D eigenvalue weighted by molar-refractivity contribution is 5.30. The van der Waals surface area contributed by atoms with Crippen LogP contribution in [-0.2, 0) is 4.74 Å². The van der Waals surface area contributed by atoms with E-state index in [-0.39, 0.29) is 6.10 Å². The molecule has 2 fully saturated rings. The average Bonchev–Trinajstić information content (AvgIpc) is 3.13. The fourth-order valence-corrected chi connectivity index (χ4v) is 3.51. The lowest BCUT2D eigenvalue weighted by molar-refractivity contribution is 0.0408. The molecule has 2 heterocycles. The van der Waals surface area contributed by atoms with E-state index in [1.54, 1.807) is 0 Å². The van der Waals surface area contributed by atoms with Crippen molar-refractivity contribution in [3.63, 3.8) is 0 Å². The summed E-state index contributed by atoms with van der Waals surface area (Å²) < 4.78 is 11.3. The predicted octanol–water partition coefficient (Wildman–Crippen LogP) is 3.34. The number of benzene rings is 1. The molecule has 23 heavy (non-hydrogen) atoms. The van der Waals surface area contributed by atoms with Gasteiger partial charge in [-0.05, 0) is 68.8 Å². The summed E-state index contributed by atoms with van der Waals surface area (Å²) in [5.41, 5.74) is 1.29. The lowest BCUT2D eigenvalue weighted by Gasteiger charge is -2.26. The van der Waals surface area contributed by atoms with E-state index in [4.69, 9.17) is 14.7 Å². The number of ether oxygens (including phenoxy) is 2. The monoisotopic (exact) mass is 314 g/mol. The highest BCUT2D eigenvalue weighted by Crippen LogP contribution is 2.30. The Balaban J connectivity index is 1.42. The zero-order chi connectivity index (χ0) is 15.9. The molecule has 3 rings (SSSR count). The molecule has 1 aromatic carbocycles. The van der Waals surface area contributed by atoms with Crippen LogP contribution in [0.4, 0.5) is 0 Å². The first-order valence-electron chi connectivity index (χ1n) is 8.81. The van der Waals surface area contributed by atoms with Gasteiger partial charge >= 0.3 is 0 Å². The normalized spacial score (nSPS) is 25.2. The zero-order valence-corrected chi connectivity index (χ0v) is 13.7. The van der Waals surface area contributed by atoms with Gasteiger partial charge in [0.1, 0.15) is 11.9 Å². The van der Waals surface area contributed by atoms with Crippen LogP contribution < -0.4 is 4.74 Å². The molecule has 2 atom stereocenters. The van der Waals surface area contributed by atoms with Crippen LogP contribution in [-0.4, -0.2) is 43.9 Å². The van der Waals surface area contributed by atoms with Crippen LogP contribution in [0.15, 0.2) is 24.3 Å². The van der Waals surface area contributed by atoms with Gasteiger partial charge in [-0.1, -0.05) is 12.1 Å². The van der Waals surface area contributed by atoms with Crippen molar-refractivity contribution in [3.8, 4) is 11.8 Å². The molecule has 4 nitrogen and oxygen atoms in total. The molecule has 0 saturated carbocycles. The minimum absolute atomic E-state index is 0.254. The zero-order valence-electron chi connectivity index (χ0n) is 13.7. The van der Waals surface area contributed by atoms with E-state index in [9.17, 15) is 0 Å². The molecule has 0 bridgehead atoms. The summed E-state index contributed by atoms with van der Waals surface area (Å²) in [5.74, 6) is 1.37. The van der Waals surface area contributed by atoms with Crippen molar-refractivity contribution in [3.05, 3.63) is 29.8 Å². The Hall–Kier alpha value is -1.57. The summed E-state index contributed by atoms with van der Waals surface area (Å²) in [5, 5.41) is 9.00. The van der Waals surface area contributed by atoms with E-state index < -0.39 is 0 Å². The lowest BCUT2D eigenvalue weighted by Crippen LogP contribution is -2.23. The van der Waals surface area contributed by atoms with Crippen molar-refractivity contribution < 1.29 is 9.47 Å². The van der Waals surface area contributed by atoms with Crippen molar-refractivity contribution >= 4 is 0 Å². The molecule has 0 radical (unpaired) electrons. The average molecular weight is 314 g/mol. The first kappa shape index (κ1) is 16.3. The second kappa shape index (κ2) is 8.33. The van der Waals surface area contributed by atoms with Gasteiger partial charge in [0, 0.05) is 13.2 Å². The van der Waals surface area contributed by atoms with Crippen molar-refractivity contribution in [2.24, 2.45) is 0 Å². The number of rotatable bonds is 6. The molecule has 0 spiro atoms. The molecule has 0 amide bonds. The summed E-state index contributed by atoms with van der Waals surface area (Å²) in [6.45, 7) is 5.12. The van der Waals surface area contributed by atoms with Crippen molar-refractivity contribution in [1.82, 2.24) is 4.90 Å². The second-order valence-corrected chi connectivity index (χ2v) is 6.53. The molecule has 0 aliphatic carbocycles. The molecule has 2 aliphatic rings. The molecule has 2 unspecified atom stereocenters. The molecular formula is C19H26N2O2. The van der Waals surface area contributed by atoms with Crippen LogP contribution in [0.2, 0.25) is 0 Å². The maximum absolute atomic E-state index is 9.00. The van der Waals surface area contributed by atoms with Gasteiger partial charge in [-0.3, -0.25) is 0 Å². The minimum atomic E-state index is -0.254. The van der Waals surface area contributed by atoms with Crippen LogP contribution in [0, 0.1) is 11.3 Å². The Morgan fingerprint density at radius 3 is 2.74 bits per heavy atom. The second-order valence-electron chi connectivity index (χ2n) is 6.53. The fourth-order valence-electron chi connectivity index (χ4n) is 3.51. The fraction of sp³-hybridized carbons (Fsp3) is 0.632. The van der Waals surface area contributed by atoms with Gasteiger partial charge in [0.15, 0.2) is 0 Å². The van der Waals surface area contributed by atoms with E-state index in [2.05, 4.69) is 35.2 Å². The van der Waals surface area contributed by atoms with E-state index in [0.717, 1.165) is 38.2 Å².